The molecule has 0 saturated heterocycles. The normalized spacial score (nSPS) is 24.2. The van der Waals surface area contributed by atoms with Crippen molar-refractivity contribution >= 4 is 11.8 Å². The second-order valence-electron chi connectivity index (χ2n) is 8.09. The second-order valence-corrected chi connectivity index (χ2v) is 8.09. The van der Waals surface area contributed by atoms with E-state index in [0.717, 1.165) is 25.7 Å². The van der Waals surface area contributed by atoms with E-state index in [2.05, 4.69) is 31.2 Å². The standard InChI is InChI=1S/C22H30O3/c1-15-10-12-17(13-11-15)21(16-6-2-3-7-16)20(23)9-5-4-8-18-14-19(18)22(24)25/h10-13,16,18-19,21H,2-9,14H2,1H3,(H,24,25)/t18?,19?,21-/m0/s1. The summed E-state index contributed by atoms with van der Waals surface area (Å²) in [7, 11) is 0. The number of rotatable bonds is 9. The molecule has 1 N–H and O–H groups in total. The van der Waals surface area contributed by atoms with E-state index in [9.17, 15) is 9.59 Å². The highest BCUT2D eigenvalue weighted by Crippen LogP contribution is 2.43. The molecule has 3 nitrogen and oxygen atoms in total. The summed E-state index contributed by atoms with van der Waals surface area (Å²) in [5.41, 5.74) is 2.43. The van der Waals surface area contributed by atoms with Gasteiger partial charge in [-0.05, 0) is 56.4 Å². The third-order valence-corrected chi connectivity index (χ3v) is 6.14. The van der Waals surface area contributed by atoms with Gasteiger partial charge in [0.15, 0.2) is 0 Å². The number of aliphatic carboxylic acids is 1. The van der Waals surface area contributed by atoms with Crippen molar-refractivity contribution in [2.75, 3.05) is 0 Å². The molecule has 0 bridgehead atoms. The van der Waals surface area contributed by atoms with Crippen LogP contribution in [0.4, 0.5) is 0 Å². The number of unbranched alkanes of at least 4 members (excludes halogenated alkanes) is 1. The second kappa shape index (κ2) is 8.16. The smallest absolute Gasteiger partial charge is 0.306 e. The molecule has 2 aliphatic rings. The average molecular weight is 342 g/mol. The minimum atomic E-state index is -0.651. The van der Waals surface area contributed by atoms with Crippen LogP contribution in [0, 0.1) is 24.7 Å². The number of carboxylic acid groups (broad SMARTS) is 1. The number of hydrogen-bond acceptors (Lipinski definition) is 2. The van der Waals surface area contributed by atoms with Gasteiger partial charge in [0.25, 0.3) is 0 Å². The summed E-state index contributed by atoms with van der Waals surface area (Å²) in [6.07, 6.45) is 9.15. The van der Waals surface area contributed by atoms with E-state index in [1.54, 1.807) is 0 Å². The Kier molecular flexibility index (Phi) is 5.93. The lowest BCUT2D eigenvalue weighted by atomic mass is 9.80. The predicted molar refractivity (Wildman–Crippen MR) is 98.6 cm³/mol. The zero-order valence-electron chi connectivity index (χ0n) is 15.2. The molecule has 0 amide bonds. The van der Waals surface area contributed by atoms with Gasteiger partial charge < -0.3 is 5.11 Å². The Morgan fingerprint density at radius 3 is 2.40 bits per heavy atom. The fourth-order valence-corrected chi connectivity index (χ4v) is 4.52. The fraction of sp³-hybridized carbons (Fsp3) is 0.636. The van der Waals surface area contributed by atoms with Crippen molar-refractivity contribution in [2.45, 2.75) is 70.6 Å². The maximum atomic E-state index is 13.0. The van der Waals surface area contributed by atoms with Gasteiger partial charge in [0.1, 0.15) is 5.78 Å². The Labute approximate surface area is 150 Å². The summed E-state index contributed by atoms with van der Waals surface area (Å²) in [4.78, 5) is 23.8. The number of hydrogen-bond donors (Lipinski definition) is 1. The van der Waals surface area contributed by atoms with Gasteiger partial charge >= 0.3 is 5.97 Å². The van der Waals surface area contributed by atoms with Gasteiger partial charge in [0, 0.05) is 12.3 Å². The summed E-state index contributed by atoms with van der Waals surface area (Å²) in [5, 5.41) is 8.95. The van der Waals surface area contributed by atoms with E-state index in [1.165, 1.54) is 36.8 Å². The molecule has 0 radical (unpaired) electrons. The van der Waals surface area contributed by atoms with Crippen molar-refractivity contribution in [3.05, 3.63) is 35.4 Å². The lowest BCUT2D eigenvalue weighted by Crippen LogP contribution is -2.20. The van der Waals surface area contributed by atoms with Crippen molar-refractivity contribution in [2.24, 2.45) is 17.8 Å². The third-order valence-electron chi connectivity index (χ3n) is 6.14. The van der Waals surface area contributed by atoms with Crippen molar-refractivity contribution in [1.82, 2.24) is 0 Å². The summed E-state index contributed by atoms with van der Waals surface area (Å²) < 4.78 is 0. The van der Waals surface area contributed by atoms with Gasteiger partial charge in [0.05, 0.1) is 5.92 Å². The first kappa shape index (κ1) is 18.2. The van der Waals surface area contributed by atoms with Crippen LogP contribution >= 0.6 is 0 Å². The SMILES string of the molecule is Cc1ccc([C@@H](C(=O)CCCCC2CC2C(=O)O)C2CCCC2)cc1. The lowest BCUT2D eigenvalue weighted by molar-refractivity contribution is -0.138. The molecular formula is C22H30O3. The minimum absolute atomic E-state index is 0.0655. The molecule has 2 fully saturated rings. The van der Waals surface area contributed by atoms with E-state index in [1.807, 2.05) is 0 Å². The summed E-state index contributed by atoms with van der Waals surface area (Å²) in [5.74, 6) is 0.554. The molecule has 136 valence electrons. The largest absolute Gasteiger partial charge is 0.481 e. The summed E-state index contributed by atoms with van der Waals surface area (Å²) in [6.45, 7) is 2.08. The zero-order valence-corrected chi connectivity index (χ0v) is 15.2. The molecule has 0 aromatic heterocycles. The molecule has 0 heterocycles. The van der Waals surface area contributed by atoms with Crippen LogP contribution in [-0.4, -0.2) is 16.9 Å². The number of carboxylic acids is 1. The highest BCUT2D eigenvalue weighted by Gasteiger charge is 2.42. The Bertz CT molecular complexity index is 598. The van der Waals surface area contributed by atoms with Crippen LogP contribution in [0.15, 0.2) is 24.3 Å². The van der Waals surface area contributed by atoms with E-state index < -0.39 is 5.97 Å². The molecule has 1 aromatic carbocycles. The first-order chi connectivity index (χ1) is 12.1. The van der Waals surface area contributed by atoms with Gasteiger partial charge in [-0.25, -0.2) is 0 Å². The molecular weight excluding hydrogens is 312 g/mol. The molecule has 3 atom stereocenters. The molecule has 2 aliphatic carbocycles. The number of aryl methyl sites for hydroxylation is 1. The minimum Gasteiger partial charge on any atom is -0.481 e. The van der Waals surface area contributed by atoms with Crippen LogP contribution < -0.4 is 0 Å². The molecule has 0 spiro atoms. The van der Waals surface area contributed by atoms with E-state index in [4.69, 9.17) is 5.11 Å². The summed E-state index contributed by atoms with van der Waals surface area (Å²) >= 11 is 0. The summed E-state index contributed by atoms with van der Waals surface area (Å²) in [6, 6.07) is 8.50. The third kappa shape index (κ3) is 4.71. The Morgan fingerprint density at radius 1 is 1.12 bits per heavy atom. The Morgan fingerprint density at radius 2 is 1.80 bits per heavy atom. The van der Waals surface area contributed by atoms with Crippen LogP contribution in [0.3, 0.4) is 0 Å². The van der Waals surface area contributed by atoms with E-state index >= 15 is 0 Å². The number of carbonyl (C=O) groups excluding carboxylic acids is 1. The first-order valence-corrected chi connectivity index (χ1v) is 9.88. The maximum absolute atomic E-state index is 13.0. The molecule has 3 rings (SSSR count). The first-order valence-electron chi connectivity index (χ1n) is 9.88. The van der Waals surface area contributed by atoms with Gasteiger partial charge in [0.2, 0.25) is 0 Å². The number of Topliss-reactive ketones (excluding diaryl/α,β-unsaturated/α-hetero) is 1. The highest BCUT2D eigenvalue weighted by molar-refractivity contribution is 5.86. The van der Waals surface area contributed by atoms with E-state index in [-0.39, 0.29) is 11.8 Å². The highest BCUT2D eigenvalue weighted by atomic mass is 16.4. The van der Waals surface area contributed by atoms with Crippen LogP contribution in [0.5, 0.6) is 0 Å². The van der Waals surface area contributed by atoms with Crippen LogP contribution in [0.1, 0.15) is 74.8 Å². The van der Waals surface area contributed by atoms with Gasteiger partial charge in [-0.15, -0.1) is 0 Å². The number of carbonyl (C=O) groups is 2. The number of benzene rings is 1. The van der Waals surface area contributed by atoms with Gasteiger partial charge in [-0.3, -0.25) is 9.59 Å². The van der Waals surface area contributed by atoms with Crippen LogP contribution in [0.2, 0.25) is 0 Å². The van der Waals surface area contributed by atoms with Gasteiger partial charge in [-0.2, -0.15) is 0 Å². The quantitative estimate of drug-likeness (QED) is 0.634. The monoisotopic (exact) mass is 342 g/mol. The van der Waals surface area contributed by atoms with Crippen LogP contribution in [-0.2, 0) is 9.59 Å². The molecule has 0 aliphatic heterocycles. The van der Waals surface area contributed by atoms with Crippen molar-refractivity contribution < 1.29 is 14.7 Å². The Balaban J connectivity index is 1.52. The van der Waals surface area contributed by atoms with E-state index in [0.29, 0.717) is 24.0 Å². The zero-order chi connectivity index (χ0) is 17.8. The molecule has 2 saturated carbocycles. The number of ketones is 1. The predicted octanol–water partition coefficient (Wildman–Crippen LogP) is 5.12. The van der Waals surface area contributed by atoms with Crippen molar-refractivity contribution in [1.29, 1.82) is 0 Å². The average Bonchev–Trinajstić information content (AvgIpc) is 3.18. The van der Waals surface area contributed by atoms with Crippen molar-refractivity contribution in [3.63, 3.8) is 0 Å². The lowest BCUT2D eigenvalue weighted by Gasteiger charge is -2.23. The topological polar surface area (TPSA) is 54.4 Å². The molecule has 25 heavy (non-hydrogen) atoms. The van der Waals surface area contributed by atoms with Crippen LogP contribution in [0.25, 0.3) is 0 Å². The molecule has 1 aromatic rings. The van der Waals surface area contributed by atoms with Crippen molar-refractivity contribution in [3.8, 4) is 0 Å². The Hall–Kier alpha value is -1.64. The molecule has 2 unspecified atom stereocenters. The maximum Gasteiger partial charge on any atom is 0.306 e. The van der Waals surface area contributed by atoms with Gasteiger partial charge in [-0.1, -0.05) is 49.1 Å². The fourth-order valence-electron chi connectivity index (χ4n) is 4.52. The molecule has 3 heteroatoms.